The van der Waals surface area contributed by atoms with Crippen LogP contribution in [0.4, 0.5) is 8.78 Å². The highest BCUT2D eigenvalue weighted by molar-refractivity contribution is 5.94. The van der Waals surface area contributed by atoms with Crippen molar-refractivity contribution in [1.29, 1.82) is 0 Å². The zero-order valence-electron chi connectivity index (χ0n) is 16.4. The minimum Gasteiger partial charge on any atom is -0.370 e. The van der Waals surface area contributed by atoms with Crippen LogP contribution >= 0.6 is 0 Å². The predicted molar refractivity (Wildman–Crippen MR) is 102 cm³/mol. The van der Waals surface area contributed by atoms with Crippen molar-refractivity contribution in [3.63, 3.8) is 0 Å². The van der Waals surface area contributed by atoms with E-state index in [2.05, 4.69) is 6.58 Å². The summed E-state index contributed by atoms with van der Waals surface area (Å²) in [6.07, 6.45) is 5.65. The average molecular weight is 374 g/mol. The van der Waals surface area contributed by atoms with Crippen molar-refractivity contribution in [3.8, 4) is 0 Å². The summed E-state index contributed by atoms with van der Waals surface area (Å²) in [6, 6.07) is 2.62. The van der Waals surface area contributed by atoms with Crippen LogP contribution in [0.5, 0.6) is 0 Å². The first-order chi connectivity index (χ1) is 12.8. The van der Waals surface area contributed by atoms with E-state index in [-0.39, 0.29) is 35.2 Å². The first-order valence-corrected chi connectivity index (χ1v) is 9.80. The van der Waals surface area contributed by atoms with Gasteiger partial charge in [-0.25, -0.2) is 8.78 Å². The van der Waals surface area contributed by atoms with E-state index in [1.807, 2.05) is 20.8 Å². The number of benzene rings is 1. The van der Waals surface area contributed by atoms with E-state index >= 15 is 0 Å². The number of fused-ring (bicyclic) bond motifs is 1. The van der Waals surface area contributed by atoms with Gasteiger partial charge in [-0.05, 0) is 72.4 Å². The maximum absolute atomic E-state index is 14.5. The Morgan fingerprint density at radius 1 is 1.30 bits per heavy atom. The zero-order valence-corrected chi connectivity index (χ0v) is 16.4. The van der Waals surface area contributed by atoms with Crippen molar-refractivity contribution >= 4 is 5.78 Å². The number of ketones is 1. The van der Waals surface area contributed by atoms with E-state index in [1.165, 1.54) is 12.1 Å². The van der Waals surface area contributed by atoms with E-state index in [4.69, 9.17) is 4.74 Å². The van der Waals surface area contributed by atoms with Gasteiger partial charge in [0.05, 0.1) is 12.2 Å². The van der Waals surface area contributed by atoms with Crippen LogP contribution in [-0.4, -0.2) is 18.0 Å². The lowest BCUT2D eigenvalue weighted by molar-refractivity contribution is -0.124. The van der Waals surface area contributed by atoms with Crippen LogP contribution in [0.1, 0.15) is 44.7 Å². The minimum atomic E-state index is -0.581. The second-order valence-electron chi connectivity index (χ2n) is 7.96. The fourth-order valence-corrected chi connectivity index (χ4v) is 4.56. The third-order valence-electron chi connectivity index (χ3n) is 6.40. The van der Waals surface area contributed by atoms with Crippen molar-refractivity contribution in [3.05, 3.63) is 59.2 Å². The van der Waals surface area contributed by atoms with Gasteiger partial charge >= 0.3 is 0 Å². The van der Waals surface area contributed by atoms with Crippen LogP contribution < -0.4 is 0 Å². The van der Waals surface area contributed by atoms with E-state index in [0.29, 0.717) is 37.0 Å². The molecule has 146 valence electrons. The lowest BCUT2D eigenvalue weighted by Gasteiger charge is -2.42. The summed E-state index contributed by atoms with van der Waals surface area (Å²) in [4.78, 5) is 12.5. The van der Waals surface area contributed by atoms with E-state index < -0.39 is 5.60 Å². The molecule has 1 aliphatic heterocycles. The minimum absolute atomic E-state index is 0.0431. The lowest BCUT2D eigenvalue weighted by atomic mass is 9.66. The molecule has 4 atom stereocenters. The number of ether oxygens (including phenoxy) is 1. The van der Waals surface area contributed by atoms with Gasteiger partial charge in [-0.15, -0.1) is 6.58 Å². The number of carbonyl (C=O) groups is 1. The molecule has 1 aromatic carbocycles. The maximum Gasteiger partial charge on any atom is 0.159 e. The number of allylic oxidation sites excluding steroid dienone is 2. The highest BCUT2D eigenvalue weighted by atomic mass is 19.1. The lowest BCUT2D eigenvalue weighted by Crippen LogP contribution is -2.46. The van der Waals surface area contributed by atoms with Gasteiger partial charge in [-0.1, -0.05) is 26.8 Å². The first-order valence-electron chi connectivity index (χ1n) is 9.80. The van der Waals surface area contributed by atoms with Crippen molar-refractivity contribution in [1.82, 2.24) is 0 Å². The Kier molecular flexibility index (Phi) is 5.66. The summed E-state index contributed by atoms with van der Waals surface area (Å²) in [5, 5.41) is 0. The number of aryl methyl sites for hydroxylation is 1. The quantitative estimate of drug-likeness (QED) is 0.640. The number of hydrogen-bond acceptors (Lipinski definition) is 2. The summed E-state index contributed by atoms with van der Waals surface area (Å²) in [6.45, 7) is 10.2. The number of rotatable bonds is 6. The molecule has 0 amide bonds. The van der Waals surface area contributed by atoms with E-state index in [9.17, 15) is 13.6 Å². The summed E-state index contributed by atoms with van der Waals surface area (Å²) in [7, 11) is 0. The predicted octanol–water partition coefficient (Wildman–Crippen LogP) is 5.20. The molecular formula is C23H28F2O2. The Labute approximate surface area is 160 Å². The van der Waals surface area contributed by atoms with E-state index in [1.54, 1.807) is 12.2 Å². The molecule has 27 heavy (non-hydrogen) atoms. The number of carbonyl (C=O) groups excluding carboxylic acids is 1. The fourth-order valence-electron chi connectivity index (χ4n) is 4.56. The van der Waals surface area contributed by atoms with Crippen LogP contribution in [0.15, 0.2) is 36.4 Å². The molecule has 0 aromatic heterocycles. The normalized spacial score (nSPS) is 27.1. The second-order valence-corrected chi connectivity index (χ2v) is 7.96. The summed E-state index contributed by atoms with van der Waals surface area (Å²) >= 11 is 0. The standard InChI is InChI=1S/C23H28F2O2/c1-5-14(3)19-13-23(18(7-8-27-23)12-22(19)26)15(4)9-17-11-20(24)16(6-2)10-21(17)25/h5,10-12,14-15,19H,1,6-9,13H2,2-4H3/t14?,15?,19?,23-/m0/s1. The third-order valence-corrected chi connectivity index (χ3v) is 6.40. The largest absolute Gasteiger partial charge is 0.370 e. The molecule has 0 bridgehead atoms. The van der Waals surface area contributed by atoms with Gasteiger partial charge < -0.3 is 4.74 Å². The van der Waals surface area contributed by atoms with Gasteiger partial charge in [0.1, 0.15) is 11.6 Å². The molecule has 0 radical (unpaired) electrons. The summed E-state index contributed by atoms with van der Waals surface area (Å²) < 4.78 is 34.9. The second kappa shape index (κ2) is 7.67. The van der Waals surface area contributed by atoms with Crippen LogP contribution in [0.3, 0.4) is 0 Å². The van der Waals surface area contributed by atoms with Crippen LogP contribution in [0.25, 0.3) is 0 Å². The Balaban J connectivity index is 1.91. The molecule has 1 fully saturated rings. The molecule has 0 spiro atoms. The van der Waals surface area contributed by atoms with Gasteiger partial charge in [0.15, 0.2) is 5.78 Å². The number of halogens is 2. The van der Waals surface area contributed by atoms with Gasteiger partial charge in [-0.3, -0.25) is 4.79 Å². The third kappa shape index (κ3) is 3.52. The van der Waals surface area contributed by atoms with Crippen molar-refractivity contribution in [2.75, 3.05) is 6.61 Å². The number of hydrogen-bond donors (Lipinski definition) is 0. The highest BCUT2D eigenvalue weighted by Crippen LogP contribution is 2.48. The van der Waals surface area contributed by atoms with Crippen molar-refractivity contribution in [2.45, 2.75) is 52.1 Å². The molecule has 0 N–H and O–H groups in total. The maximum atomic E-state index is 14.5. The molecule has 1 aromatic rings. The summed E-state index contributed by atoms with van der Waals surface area (Å²) in [5.74, 6) is -0.824. The van der Waals surface area contributed by atoms with Crippen LogP contribution in [-0.2, 0) is 22.4 Å². The molecular weight excluding hydrogens is 346 g/mol. The van der Waals surface area contributed by atoms with E-state index in [0.717, 1.165) is 12.0 Å². The van der Waals surface area contributed by atoms with Gasteiger partial charge in [0.2, 0.25) is 0 Å². The van der Waals surface area contributed by atoms with Crippen molar-refractivity contribution in [2.24, 2.45) is 17.8 Å². The zero-order chi connectivity index (χ0) is 19.8. The Morgan fingerprint density at radius 3 is 2.63 bits per heavy atom. The topological polar surface area (TPSA) is 26.3 Å². The monoisotopic (exact) mass is 374 g/mol. The molecule has 2 aliphatic rings. The smallest absolute Gasteiger partial charge is 0.159 e. The van der Waals surface area contributed by atoms with Crippen molar-refractivity contribution < 1.29 is 18.3 Å². The fraction of sp³-hybridized carbons (Fsp3) is 0.522. The van der Waals surface area contributed by atoms with Crippen LogP contribution in [0, 0.1) is 29.4 Å². The molecule has 2 nitrogen and oxygen atoms in total. The molecule has 0 saturated carbocycles. The Hall–Kier alpha value is -1.81. The highest BCUT2D eigenvalue weighted by Gasteiger charge is 2.50. The van der Waals surface area contributed by atoms with Gasteiger partial charge in [-0.2, -0.15) is 0 Å². The summed E-state index contributed by atoms with van der Waals surface area (Å²) in [5.41, 5.74) is 1.18. The molecule has 1 aliphatic carbocycles. The Morgan fingerprint density at radius 2 is 1.96 bits per heavy atom. The molecule has 1 heterocycles. The molecule has 1 saturated heterocycles. The Bertz CT molecular complexity index is 783. The van der Waals surface area contributed by atoms with Gasteiger partial charge in [0.25, 0.3) is 0 Å². The molecule has 4 heteroatoms. The first kappa shape index (κ1) is 19.9. The molecule has 3 unspecified atom stereocenters. The van der Waals surface area contributed by atoms with Crippen LogP contribution in [0.2, 0.25) is 0 Å². The molecule has 3 rings (SSSR count). The SMILES string of the molecule is C=CC(C)C1C[C@@]2(C(C)Cc3cc(F)c(CC)cc3F)OCCC2=CC1=O. The van der Waals surface area contributed by atoms with Gasteiger partial charge in [0, 0.05) is 5.92 Å². The average Bonchev–Trinajstić information content (AvgIpc) is 3.06.